The Balaban J connectivity index is 1.87. The molecule has 1 heterocycles. The number of hydrogen-bond donors (Lipinski definition) is 1. The van der Waals surface area contributed by atoms with Crippen LogP contribution >= 0.6 is 11.3 Å². The van der Waals surface area contributed by atoms with Crippen molar-refractivity contribution in [3.8, 4) is 6.07 Å². The molecule has 0 spiro atoms. The number of amides is 2. The Hall–Kier alpha value is -3.83. The summed E-state index contributed by atoms with van der Waals surface area (Å²) in [7, 11) is 0. The number of thiazole rings is 1. The van der Waals surface area contributed by atoms with Crippen molar-refractivity contribution in [3.05, 3.63) is 76.1 Å². The molecule has 6 nitrogen and oxygen atoms in total. The number of nitrogens with one attached hydrogen (secondary N) is 1. The quantitative estimate of drug-likeness (QED) is 0.446. The third-order valence-corrected chi connectivity index (χ3v) is 5.24. The maximum Gasteiger partial charge on any atom is 0.266 e. The molecule has 0 fully saturated rings. The number of anilines is 3. The van der Waals surface area contributed by atoms with Crippen LogP contribution < -0.4 is 10.2 Å². The van der Waals surface area contributed by atoms with E-state index in [1.165, 1.54) is 31.2 Å². The van der Waals surface area contributed by atoms with E-state index < -0.39 is 17.6 Å². The maximum atomic E-state index is 14.2. The highest BCUT2D eigenvalue weighted by Gasteiger charge is 2.21. The summed E-state index contributed by atoms with van der Waals surface area (Å²) in [5.74, 6) is -1.54. The van der Waals surface area contributed by atoms with Gasteiger partial charge in [0.15, 0.2) is 5.13 Å². The molecule has 2 aromatic carbocycles. The number of halogens is 1. The zero-order chi connectivity index (χ0) is 22.5. The van der Waals surface area contributed by atoms with Gasteiger partial charge in [-0.05, 0) is 43.7 Å². The van der Waals surface area contributed by atoms with Crippen LogP contribution in [0.5, 0.6) is 0 Å². The minimum atomic E-state index is -0.568. The molecule has 31 heavy (non-hydrogen) atoms. The van der Waals surface area contributed by atoms with E-state index in [1.54, 1.807) is 17.5 Å². The lowest BCUT2D eigenvalue weighted by atomic mass is 10.1. The van der Waals surface area contributed by atoms with Gasteiger partial charge < -0.3 is 5.32 Å². The van der Waals surface area contributed by atoms with Crippen molar-refractivity contribution in [3.63, 3.8) is 0 Å². The van der Waals surface area contributed by atoms with Crippen LogP contribution in [0.15, 0.2) is 53.4 Å². The van der Waals surface area contributed by atoms with Crippen LogP contribution in [0.3, 0.4) is 0 Å². The van der Waals surface area contributed by atoms with Gasteiger partial charge in [-0.1, -0.05) is 29.8 Å². The Morgan fingerprint density at radius 3 is 2.61 bits per heavy atom. The van der Waals surface area contributed by atoms with Gasteiger partial charge in [-0.15, -0.1) is 11.3 Å². The number of benzene rings is 2. The average molecular weight is 434 g/mol. The molecule has 0 aliphatic heterocycles. The number of aromatic nitrogens is 1. The predicted molar refractivity (Wildman–Crippen MR) is 119 cm³/mol. The fraction of sp³-hybridized carbons (Fsp3) is 0.130. The third kappa shape index (κ3) is 5.02. The normalized spacial score (nSPS) is 11.0. The molecule has 0 aliphatic carbocycles. The molecule has 156 valence electrons. The van der Waals surface area contributed by atoms with E-state index in [0.29, 0.717) is 11.4 Å². The van der Waals surface area contributed by atoms with Gasteiger partial charge in [0.05, 0.1) is 11.4 Å². The highest BCUT2D eigenvalue weighted by Crippen LogP contribution is 2.31. The lowest BCUT2D eigenvalue weighted by molar-refractivity contribution is -0.116. The molecule has 1 aromatic heterocycles. The SMILES string of the molecule is CC(=O)N(c1nc(/C=C(\C#N)C(=O)Nc2ccc(C)cc2C)cs1)c1ccccc1F. The maximum absolute atomic E-state index is 14.2. The molecule has 0 radical (unpaired) electrons. The largest absolute Gasteiger partial charge is 0.321 e. The number of nitriles is 1. The minimum Gasteiger partial charge on any atom is -0.321 e. The highest BCUT2D eigenvalue weighted by molar-refractivity contribution is 7.14. The molecule has 3 rings (SSSR count). The van der Waals surface area contributed by atoms with E-state index in [9.17, 15) is 19.2 Å². The van der Waals surface area contributed by atoms with Crippen LogP contribution in [0.2, 0.25) is 0 Å². The zero-order valence-corrected chi connectivity index (χ0v) is 18.0. The van der Waals surface area contributed by atoms with Crippen LogP contribution in [-0.2, 0) is 9.59 Å². The summed E-state index contributed by atoms with van der Waals surface area (Å²) in [6.07, 6.45) is 1.33. The van der Waals surface area contributed by atoms with Crippen LogP contribution in [0, 0.1) is 31.0 Å². The van der Waals surface area contributed by atoms with Gasteiger partial charge >= 0.3 is 0 Å². The lowest BCUT2D eigenvalue weighted by Crippen LogP contribution is -2.23. The van der Waals surface area contributed by atoms with Gasteiger partial charge in [0.1, 0.15) is 17.5 Å². The molecule has 0 bridgehead atoms. The van der Waals surface area contributed by atoms with E-state index in [4.69, 9.17) is 0 Å². The first-order valence-electron chi connectivity index (χ1n) is 9.31. The molecule has 8 heteroatoms. The van der Waals surface area contributed by atoms with Crippen molar-refractivity contribution in [2.75, 3.05) is 10.2 Å². The van der Waals surface area contributed by atoms with Crippen molar-refractivity contribution < 1.29 is 14.0 Å². The van der Waals surface area contributed by atoms with Gasteiger partial charge in [0, 0.05) is 18.0 Å². The standard InChI is InChI=1S/C23H19FN4O2S/c1-14-8-9-20(15(2)10-14)27-22(30)17(12-25)11-18-13-31-23(26-18)28(16(3)29)21-7-5-4-6-19(21)24/h4-11,13H,1-3H3,(H,27,30)/b17-11+. The van der Waals surface area contributed by atoms with Crippen molar-refractivity contribution in [2.45, 2.75) is 20.8 Å². The first kappa shape index (κ1) is 21.9. The number of hydrogen-bond acceptors (Lipinski definition) is 5. The number of aryl methyl sites for hydroxylation is 2. The molecular weight excluding hydrogens is 415 g/mol. The highest BCUT2D eigenvalue weighted by atomic mass is 32.1. The smallest absolute Gasteiger partial charge is 0.266 e. The van der Waals surface area contributed by atoms with Crippen molar-refractivity contribution in [2.24, 2.45) is 0 Å². The number of para-hydroxylation sites is 1. The van der Waals surface area contributed by atoms with Gasteiger partial charge in [-0.3, -0.25) is 14.5 Å². The van der Waals surface area contributed by atoms with Crippen LogP contribution in [0.4, 0.5) is 20.9 Å². The van der Waals surface area contributed by atoms with E-state index in [2.05, 4.69) is 10.3 Å². The van der Waals surface area contributed by atoms with Crippen molar-refractivity contribution in [1.29, 1.82) is 5.26 Å². The Labute approximate surface area is 183 Å². The summed E-state index contributed by atoms with van der Waals surface area (Å²) in [5.41, 5.74) is 2.80. The van der Waals surface area contributed by atoms with E-state index in [-0.39, 0.29) is 16.4 Å². The third-order valence-electron chi connectivity index (χ3n) is 4.40. The van der Waals surface area contributed by atoms with Gasteiger partial charge in [-0.25, -0.2) is 9.37 Å². The number of nitrogens with zero attached hydrogens (tertiary/aromatic N) is 3. The summed E-state index contributed by atoms with van der Waals surface area (Å²) >= 11 is 1.10. The summed E-state index contributed by atoms with van der Waals surface area (Å²) in [5, 5.41) is 14.0. The minimum absolute atomic E-state index is 0.0768. The Kier molecular flexibility index (Phi) is 6.58. The Bertz CT molecular complexity index is 1230. The molecule has 0 saturated heterocycles. The van der Waals surface area contributed by atoms with E-state index in [1.807, 2.05) is 32.0 Å². The molecule has 2 amide bonds. The second-order valence-corrected chi connectivity index (χ2v) is 7.64. The lowest BCUT2D eigenvalue weighted by Gasteiger charge is -2.18. The summed E-state index contributed by atoms with van der Waals surface area (Å²) in [6, 6.07) is 13.3. The topological polar surface area (TPSA) is 86.1 Å². The summed E-state index contributed by atoms with van der Waals surface area (Å²) in [4.78, 5) is 30.2. The summed E-state index contributed by atoms with van der Waals surface area (Å²) in [6.45, 7) is 5.12. The first-order chi connectivity index (χ1) is 14.8. The second-order valence-electron chi connectivity index (χ2n) is 6.80. The summed E-state index contributed by atoms with van der Waals surface area (Å²) < 4.78 is 14.2. The van der Waals surface area contributed by atoms with E-state index >= 15 is 0 Å². The zero-order valence-electron chi connectivity index (χ0n) is 17.1. The monoisotopic (exact) mass is 434 g/mol. The second kappa shape index (κ2) is 9.32. The molecule has 0 saturated carbocycles. The molecule has 3 aromatic rings. The van der Waals surface area contributed by atoms with E-state index in [0.717, 1.165) is 27.4 Å². The number of rotatable bonds is 5. The molecule has 1 N–H and O–H groups in total. The first-order valence-corrected chi connectivity index (χ1v) is 10.2. The van der Waals surface area contributed by atoms with Crippen LogP contribution in [0.1, 0.15) is 23.7 Å². The van der Waals surface area contributed by atoms with Crippen LogP contribution in [0.25, 0.3) is 6.08 Å². The fourth-order valence-electron chi connectivity index (χ4n) is 2.93. The molecule has 0 unspecified atom stereocenters. The van der Waals surface area contributed by atoms with Crippen molar-refractivity contribution in [1.82, 2.24) is 4.98 Å². The predicted octanol–water partition coefficient (Wildman–Crippen LogP) is 5.13. The number of carbonyl (C=O) groups excluding carboxylic acids is 2. The average Bonchev–Trinajstić information content (AvgIpc) is 3.17. The van der Waals surface area contributed by atoms with Crippen molar-refractivity contribution >= 4 is 45.7 Å². The van der Waals surface area contributed by atoms with Gasteiger partial charge in [-0.2, -0.15) is 5.26 Å². The Morgan fingerprint density at radius 1 is 1.23 bits per heavy atom. The van der Waals surface area contributed by atoms with Gasteiger partial charge in [0.25, 0.3) is 5.91 Å². The van der Waals surface area contributed by atoms with Gasteiger partial charge in [0.2, 0.25) is 5.91 Å². The Morgan fingerprint density at radius 2 is 1.97 bits per heavy atom. The number of carbonyl (C=O) groups is 2. The molecular formula is C23H19FN4O2S. The molecule has 0 atom stereocenters. The molecule has 0 aliphatic rings. The van der Waals surface area contributed by atoms with Crippen LogP contribution in [-0.4, -0.2) is 16.8 Å². The fourth-order valence-corrected chi connectivity index (χ4v) is 3.76.